The number of carbonyl (C=O) groups excluding carboxylic acids is 2. The predicted molar refractivity (Wildman–Crippen MR) is 82.7 cm³/mol. The molecule has 1 fully saturated rings. The van der Waals surface area contributed by atoms with Crippen LogP contribution in [0, 0.1) is 5.82 Å². The van der Waals surface area contributed by atoms with Crippen LogP contribution < -0.4 is 10.6 Å². The van der Waals surface area contributed by atoms with E-state index < -0.39 is 33.4 Å². The number of amides is 2. The van der Waals surface area contributed by atoms with Crippen molar-refractivity contribution in [3.8, 4) is 0 Å². The number of sulfone groups is 1. The Balaban J connectivity index is 1.92. The molecule has 0 aliphatic carbocycles. The summed E-state index contributed by atoms with van der Waals surface area (Å²) >= 11 is 0. The number of rotatable bonds is 5. The Kier molecular flexibility index (Phi) is 5.70. The Morgan fingerprint density at radius 3 is 2.65 bits per heavy atom. The van der Waals surface area contributed by atoms with Crippen molar-refractivity contribution in [2.24, 2.45) is 0 Å². The maximum atomic E-state index is 12.8. The van der Waals surface area contributed by atoms with Gasteiger partial charge in [-0.05, 0) is 37.0 Å². The van der Waals surface area contributed by atoms with Gasteiger partial charge in [0.25, 0.3) is 0 Å². The Morgan fingerprint density at radius 1 is 1.26 bits per heavy atom. The first-order valence-corrected chi connectivity index (χ1v) is 9.20. The molecule has 6 nitrogen and oxygen atoms in total. The van der Waals surface area contributed by atoms with Crippen molar-refractivity contribution in [1.82, 2.24) is 10.6 Å². The second-order valence-electron chi connectivity index (χ2n) is 5.57. The normalized spacial score (nSPS) is 18.8. The topological polar surface area (TPSA) is 92.3 Å². The van der Waals surface area contributed by atoms with E-state index in [-0.39, 0.29) is 11.7 Å². The lowest BCUT2D eigenvalue weighted by atomic mass is 10.1. The summed E-state index contributed by atoms with van der Waals surface area (Å²) < 4.78 is 36.9. The van der Waals surface area contributed by atoms with Crippen molar-refractivity contribution in [3.05, 3.63) is 35.6 Å². The van der Waals surface area contributed by atoms with Crippen molar-refractivity contribution in [1.29, 1.82) is 0 Å². The number of hydrogen-bond acceptors (Lipinski definition) is 4. The maximum Gasteiger partial charge on any atom is 0.242 e. The number of benzene rings is 1. The molecule has 1 aromatic carbocycles. The molecule has 1 heterocycles. The number of carbonyl (C=O) groups is 2. The molecular weight excluding hydrogens is 323 g/mol. The Morgan fingerprint density at radius 2 is 1.96 bits per heavy atom. The van der Waals surface area contributed by atoms with Crippen LogP contribution in [0.5, 0.6) is 0 Å². The lowest BCUT2D eigenvalue weighted by Crippen LogP contribution is -2.47. The van der Waals surface area contributed by atoms with Crippen LogP contribution in [0.3, 0.4) is 0 Å². The van der Waals surface area contributed by atoms with Crippen LogP contribution in [0.2, 0.25) is 0 Å². The molecule has 1 aliphatic rings. The summed E-state index contributed by atoms with van der Waals surface area (Å²) in [7, 11) is -3.69. The minimum absolute atomic E-state index is 0.285. The summed E-state index contributed by atoms with van der Waals surface area (Å²) in [6, 6.07) is 4.38. The molecule has 2 amide bonds. The molecule has 0 bridgehead atoms. The SMILES string of the molecule is O=C(CS(=O)(=O)Cc1ccc(F)cc1)N[C@H]1CCCCNC1=O. The Hall–Kier alpha value is -1.96. The third-order valence-electron chi connectivity index (χ3n) is 3.52. The molecule has 23 heavy (non-hydrogen) atoms. The van der Waals surface area contributed by atoms with Gasteiger partial charge in [-0.3, -0.25) is 9.59 Å². The summed E-state index contributed by atoms with van der Waals surface area (Å²) in [6.45, 7) is 0.564. The third-order valence-corrected chi connectivity index (χ3v) is 5.00. The van der Waals surface area contributed by atoms with E-state index >= 15 is 0 Å². The first-order valence-electron chi connectivity index (χ1n) is 7.38. The average Bonchev–Trinajstić information content (AvgIpc) is 2.66. The van der Waals surface area contributed by atoms with Gasteiger partial charge in [0, 0.05) is 6.54 Å². The molecule has 2 rings (SSSR count). The molecule has 0 saturated carbocycles. The minimum Gasteiger partial charge on any atom is -0.354 e. The average molecular weight is 342 g/mol. The quantitative estimate of drug-likeness (QED) is 0.816. The molecule has 1 aromatic rings. The summed E-state index contributed by atoms with van der Waals surface area (Å²) in [5.41, 5.74) is 0.409. The van der Waals surface area contributed by atoms with Crippen LogP contribution >= 0.6 is 0 Å². The van der Waals surface area contributed by atoms with Crippen LogP contribution in [-0.2, 0) is 25.2 Å². The van der Waals surface area contributed by atoms with Crippen molar-refractivity contribution in [2.75, 3.05) is 12.3 Å². The fourth-order valence-corrected chi connectivity index (χ4v) is 3.68. The van der Waals surface area contributed by atoms with Crippen LogP contribution in [0.4, 0.5) is 4.39 Å². The molecule has 126 valence electrons. The van der Waals surface area contributed by atoms with Gasteiger partial charge in [0.2, 0.25) is 11.8 Å². The second kappa shape index (κ2) is 7.54. The zero-order chi connectivity index (χ0) is 16.9. The van der Waals surface area contributed by atoms with Crippen LogP contribution in [0.1, 0.15) is 24.8 Å². The summed E-state index contributed by atoms with van der Waals surface area (Å²) in [5, 5.41) is 5.14. The number of halogens is 1. The second-order valence-corrected chi connectivity index (χ2v) is 7.63. The van der Waals surface area contributed by atoms with Crippen LogP contribution in [0.25, 0.3) is 0 Å². The first-order chi connectivity index (χ1) is 10.9. The molecule has 1 aliphatic heterocycles. The minimum atomic E-state index is -3.69. The fourth-order valence-electron chi connectivity index (χ4n) is 2.40. The predicted octanol–water partition coefficient (Wildman–Crippen LogP) is 0.525. The number of nitrogens with one attached hydrogen (secondary N) is 2. The van der Waals surface area contributed by atoms with Gasteiger partial charge >= 0.3 is 0 Å². The lowest BCUT2D eigenvalue weighted by Gasteiger charge is -2.15. The zero-order valence-electron chi connectivity index (χ0n) is 12.5. The van der Waals surface area contributed by atoms with E-state index in [1.165, 1.54) is 24.3 Å². The molecule has 2 N–H and O–H groups in total. The molecule has 0 radical (unpaired) electrons. The Labute approximate surface area is 134 Å². The van der Waals surface area contributed by atoms with E-state index in [1.54, 1.807) is 0 Å². The van der Waals surface area contributed by atoms with E-state index in [0.29, 0.717) is 18.5 Å². The molecule has 0 aromatic heterocycles. The number of hydrogen-bond donors (Lipinski definition) is 2. The summed E-state index contributed by atoms with van der Waals surface area (Å²) in [5.74, 6) is -2.49. The maximum absolute atomic E-state index is 12.8. The van der Waals surface area contributed by atoms with Gasteiger partial charge in [-0.2, -0.15) is 0 Å². The summed E-state index contributed by atoms with van der Waals surface area (Å²) in [4.78, 5) is 23.6. The molecule has 0 unspecified atom stereocenters. The van der Waals surface area contributed by atoms with E-state index in [9.17, 15) is 22.4 Å². The van der Waals surface area contributed by atoms with Crippen molar-refractivity contribution in [2.45, 2.75) is 31.1 Å². The van der Waals surface area contributed by atoms with Crippen molar-refractivity contribution < 1.29 is 22.4 Å². The van der Waals surface area contributed by atoms with Crippen molar-refractivity contribution >= 4 is 21.7 Å². The van der Waals surface area contributed by atoms with Gasteiger partial charge < -0.3 is 10.6 Å². The standard InChI is InChI=1S/C15H19FN2O4S/c16-12-6-4-11(5-7-12)9-23(21,22)10-14(19)18-13-3-1-2-8-17-15(13)20/h4-7,13H,1-3,8-10H2,(H,17,20)(H,18,19)/t13-/m0/s1. The highest BCUT2D eigenvalue weighted by Crippen LogP contribution is 2.09. The first kappa shape index (κ1) is 17.4. The molecule has 1 saturated heterocycles. The van der Waals surface area contributed by atoms with Gasteiger partial charge in [-0.25, -0.2) is 12.8 Å². The van der Waals surface area contributed by atoms with Gasteiger partial charge in [0.05, 0.1) is 5.75 Å². The molecule has 0 spiro atoms. The van der Waals surface area contributed by atoms with E-state index in [2.05, 4.69) is 10.6 Å². The highest BCUT2D eigenvalue weighted by molar-refractivity contribution is 7.91. The lowest BCUT2D eigenvalue weighted by molar-refractivity contribution is -0.127. The van der Waals surface area contributed by atoms with E-state index in [1.807, 2.05) is 0 Å². The zero-order valence-corrected chi connectivity index (χ0v) is 13.4. The van der Waals surface area contributed by atoms with Crippen LogP contribution in [-0.4, -0.2) is 38.6 Å². The molecular formula is C15H19FN2O4S. The molecule has 8 heteroatoms. The Bertz CT molecular complexity index is 673. The fraction of sp³-hybridized carbons (Fsp3) is 0.467. The van der Waals surface area contributed by atoms with Gasteiger partial charge in [0.1, 0.15) is 17.6 Å². The van der Waals surface area contributed by atoms with Gasteiger partial charge in [-0.1, -0.05) is 12.1 Å². The third kappa shape index (κ3) is 5.63. The van der Waals surface area contributed by atoms with E-state index in [0.717, 1.165) is 12.8 Å². The molecule has 1 atom stereocenters. The van der Waals surface area contributed by atoms with Gasteiger partial charge in [0.15, 0.2) is 9.84 Å². The highest BCUT2D eigenvalue weighted by Gasteiger charge is 2.25. The van der Waals surface area contributed by atoms with E-state index in [4.69, 9.17) is 0 Å². The van der Waals surface area contributed by atoms with Gasteiger partial charge in [-0.15, -0.1) is 0 Å². The highest BCUT2D eigenvalue weighted by atomic mass is 32.2. The largest absolute Gasteiger partial charge is 0.354 e. The van der Waals surface area contributed by atoms with Crippen LogP contribution in [0.15, 0.2) is 24.3 Å². The monoisotopic (exact) mass is 342 g/mol. The van der Waals surface area contributed by atoms with Crippen molar-refractivity contribution in [3.63, 3.8) is 0 Å². The smallest absolute Gasteiger partial charge is 0.242 e. The summed E-state index contributed by atoms with van der Waals surface area (Å²) in [6.07, 6.45) is 2.11.